The van der Waals surface area contributed by atoms with Crippen LogP contribution in [0, 0.1) is 0 Å². The van der Waals surface area contributed by atoms with Gasteiger partial charge in [-0.1, -0.05) is 12.2 Å². The largest absolute Gasteiger partial charge is 0.463 e. The summed E-state index contributed by atoms with van der Waals surface area (Å²) in [5.41, 5.74) is 0. The van der Waals surface area contributed by atoms with Gasteiger partial charge >= 0.3 is 17.9 Å². The molecule has 0 spiro atoms. The topological polar surface area (TPSA) is 169 Å². The van der Waals surface area contributed by atoms with Crippen molar-refractivity contribution in [2.45, 2.75) is 52.2 Å². The quantitative estimate of drug-likeness (QED) is 0.0838. The molecule has 0 rings (SSSR count). The van der Waals surface area contributed by atoms with Crippen LogP contribution in [0.15, 0.2) is 25.3 Å². The van der Waals surface area contributed by atoms with E-state index in [9.17, 15) is 33.9 Å². The number of ether oxygens (including phenoxy) is 5. The number of carbonyl (C=O) groups is 6. The summed E-state index contributed by atoms with van der Waals surface area (Å²) in [6.45, 7) is 10.9. The van der Waals surface area contributed by atoms with E-state index in [1.165, 1.54) is 26.8 Å². The van der Waals surface area contributed by atoms with E-state index in [0.29, 0.717) is 6.61 Å². The molecular formula is C24H36O12. The molecule has 36 heavy (non-hydrogen) atoms. The molecular weight excluding hydrogens is 480 g/mol. The third-order valence-corrected chi connectivity index (χ3v) is 3.43. The predicted molar refractivity (Wildman–Crippen MR) is 126 cm³/mol. The maximum absolute atomic E-state index is 11.4. The maximum Gasteiger partial charge on any atom is 0.313 e. The van der Waals surface area contributed by atoms with E-state index in [4.69, 9.17) is 18.9 Å². The molecule has 0 fully saturated rings. The van der Waals surface area contributed by atoms with Crippen LogP contribution in [0.5, 0.6) is 0 Å². The smallest absolute Gasteiger partial charge is 0.313 e. The van der Waals surface area contributed by atoms with Crippen molar-refractivity contribution in [3.63, 3.8) is 0 Å². The number of esters is 3. The molecule has 0 aromatic rings. The average molecular weight is 517 g/mol. The Hall–Kier alpha value is -3.22. The molecule has 204 valence electrons. The van der Waals surface area contributed by atoms with Crippen LogP contribution in [0.2, 0.25) is 0 Å². The fourth-order valence-electron chi connectivity index (χ4n) is 2.05. The van der Waals surface area contributed by atoms with Gasteiger partial charge in [0.2, 0.25) is 0 Å². The van der Waals surface area contributed by atoms with Crippen LogP contribution in [-0.4, -0.2) is 92.2 Å². The van der Waals surface area contributed by atoms with Crippen molar-refractivity contribution >= 4 is 35.3 Å². The summed E-state index contributed by atoms with van der Waals surface area (Å²) in [6, 6.07) is 0. The molecule has 0 aromatic heterocycles. The fraction of sp³-hybridized carbons (Fsp3) is 0.583. The molecule has 0 aliphatic heterocycles. The highest BCUT2D eigenvalue weighted by Crippen LogP contribution is 2.01. The van der Waals surface area contributed by atoms with Crippen LogP contribution in [0.3, 0.4) is 0 Å². The zero-order valence-corrected chi connectivity index (χ0v) is 21.0. The van der Waals surface area contributed by atoms with Crippen molar-refractivity contribution in [3.8, 4) is 0 Å². The minimum absolute atomic E-state index is 0.0109. The molecule has 2 atom stereocenters. The van der Waals surface area contributed by atoms with Crippen molar-refractivity contribution in [2.75, 3.05) is 39.6 Å². The molecule has 0 heterocycles. The van der Waals surface area contributed by atoms with E-state index in [-0.39, 0.29) is 69.6 Å². The number of ketones is 3. The van der Waals surface area contributed by atoms with Gasteiger partial charge in [0.15, 0.2) is 6.10 Å². The first-order valence-corrected chi connectivity index (χ1v) is 11.0. The number of carbonyl (C=O) groups excluding carboxylic acids is 6. The van der Waals surface area contributed by atoms with E-state index in [2.05, 4.69) is 17.9 Å². The van der Waals surface area contributed by atoms with Gasteiger partial charge in [-0.05, 0) is 20.8 Å². The van der Waals surface area contributed by atoms with Crippen LogP contribution < -0.4 is 0 Å². The van der Waals surface area contributed by atoms with Crippen molar-refractivity contribution in [1.82, 2.24) is 0 Å². The lowest BCUT2D eigenvalue weighted by Crippen LogP contribution is -2.30. The van der Waals surface area contributed by atoms with Gasteiger partial charge in [-0.25, -0.2) is 0 Å². The highest BCUT2D eigenvalue weighted by Gasteiger charge is 2.19. The van der Waals surface area contributed by atoms with E-state index in [1.54, 1.807) is 6.08 Å². The molecule has 0 saturated heterocycles. The standard InChI is InChI=1S/C14H20O7.C10H16O5/c1-4-5-19-8-12(21-14(18)7-11(3)16)9-20-13(17)6-10(2)15;1-3-4-14-6-9(12)7-15-10(13)5-8(2)11/h4,12H,1,5-9H2,2-3H3;3,9,12H,1,4-7H2,2H3. The van der Waals surface area contributed by atoms with E-state index >= 15 is 0 Å². The van der Waals surface area contributed by atoms with Gasteiger partial charge in [-0.3, -0.25) is 28.8 Å². The Labute approximate surface area is 210 Å². The van der Waals surface area contributed by atoms with Gasteiger partial charge in [0.25, 0.3) is 0 Å². The normalized spacial score (nSPS) is 11.6. The summed E-state index contributed by atoms with van der Waals surface area (Å²) >= 11 is 0. The van der Waals surface area contributed by atoms with Gasteiger partial charge in [0.1, 0.15) is 55.9 Å². The highest BCUT2D eigenvalue weighted by molar-refractivity contribution is 5.95. The number of hydrogen-bond donors (Lipinski definition) is 1. The van der Waals surface area contributed by atoms with Crippen molar-refractivity contribution < 1.29 is 57.6 Å². The molecule has 0 saturated carbocycles. The molecule has 12 nitrogen and oxygen atoms in total. The number of aliphatic hydroxyl groups is 1. The minimum Gasteiger partial charge on any atom is -0.463 e. The molecule has 0 aromatic carbocycles. The van der Waals surface area contributed by atoms with E-state index in [1.807, 2.05) is 0 Å². The monoisotopic (exact) mass is 516 g/mol. The first-order chi connectivity index (χ1) is 16.9. The number of hydrogen-bond acceptors (Lipinski definition) is 12. The zero-order chi connectivity index (χ0) is 27.9. The minimum atomic E-state index is -0.874. The van der Waals surface area contributed by atoms with Crippen LogP contribution in [0.25, 0.3) is 0 Å². The number of aliphatic hydroxyl groups excluding tert-OH is 1. The molecule has 0 aliphatic carbocycles. The molecule has 2 unspecified atom stereocenters. The van der Waals surface area contributed by atoms with Crippen LogP contribution in [0.1, 0.15) is 40.0 Å². The summed E-state index contributed by atoms with van der Waals surface area (Å²) in [7, 11) is 0. The average Bonchev–Trinajstić information content (AvgIpc) is 2.75. The van der Waals surface area contributed by atoms with Gasteiger partial charge in [-0.15, -0.1) is 13.2 Å². The lowest BCUT2D eigenvalue weighted by atomic mass is 10.3. The van der Waals surface area contributed by atoms with Gasteiger partial charge in [0.05, 0.1) is 26.4 Å². The second kappa shape index (κ2) is 22.3. The summed E-state index contributed by atoms with van der Waals surface area (Å²) in [6.07, 6.45) is 0.375. The van der Waals surface area contributed by atoms with Gasteiger partial charge in [-0.2, -0.15) is 0 Å². The first-order valence-electron chi connectivity index (χ1n) is 11.0. The lowest BCUT2D eigenvalue weighted by molar-refractivity contribution is -0.163. The van der Waals surface area contributed by atoms with Gasteiger partial charge in [0, 0.05) is 0 Å². The Morgan fingerprint density at radius 1 is 0.667 bits per heavy atom. The molecule has 0 amide bonds. The predicted octanol–water partition coefficient (Wildman–Crippen LogP) is 0.674. The van der Waals surface area contributed by atoms with Crippen molar-refractivity contribution in [1.29, 1.82) is 0 Å². The molecule has 0 aliphatic rings. The Balaban J connectivity index is 0. The van der Waals surface area contributed by atoms with E-state index < -0.39 is 30.1 Å². The molecule has 0 bridgehead atoms. The Kier molecular flexibility index (Phi) is 21.6. The Morgan fingerprint density at radius 3 is 1.53 bits per heavy atom. The fourth-order valence-corrected chi connectivity index (χ4v) is 2.05. The molecule has 1 N–H and O–H groups in total. The van der Waals surface area contributed by atoms with Crippen LogP contribution >= 0.6 is 0 Å². The van der Waals surface area contributed by atoms with Gasteiger partial charge < -0.3 is 28.8 Å². The Morgan fingerprint density at radius 2 is 1.08 bits per heavy atom. The number of rotatable bonds is 19. The second-order valence-electron chi connectivity index (χ2n) is 7.42. The molecule has 12 heteroatoms. The van der Waals surface area contributed by atoms with E-state index in [0.717, 1.165) is 0 Å². The second-order valence-corrected chi connectivity index (χ2v) is 7.42. The van der Waals surface area contributed by atoms with Crippen molar-refractivity contribution in [2.24, 2.45) is 0 Å². The summed E-state index contributed by atoms with van der Waals surface area (Å²) in [5.74, 6) is -2.99. The van der Waals surface area contributed by atoms with Crippen molar-refractivity contribution in [3.05, 3.63) is 25.3 Å². The lowest BCUT2D eigenvalue weighted by Gasteiger charge is -2.17. The first kappa shape index (κ1) is 34.9. The maximum atomic E-state index is 11.4. The summed E-state index contributed by atoms with van der Waals surface area (Å²) in [4.78, 5) is 65.6. The zero-order valence-electron chi connectivity index (χ0n) is 21.0. The van der Waals surface area contributed by atoms with Crippen LogP contribution in [-0.2, 0) is 52.5 Å². The summed E-state index contributed by atoms with van der Waals surface area (Å²) < 4.78 is 24.5. The molecule has 0 radical (unpaired) electrons. The Bertz CT molecular complexity index is 743. The SMILES string of the molecule is C=CCOCC(COC(=O)CC(C)=O)OC(=O)CC(C)=O.C=CCOCC(O)COC(=O)CC(C)=O. The third-order valence-electron chi connectivity index (χ3n) is 3.43. The third kappa shape index (κ3) is 25.4. The van der Waals surface area contributed by atoms with Crippen LogP contribution in [0.4, 0.5) is 0 Å². The summed E-state index contributed by atoms with van der Waals surface area (Å²) in [5, 5.41) is 9.24. The number of Topliss-reactive ketones (excluding diaryl/α,β-unsaturated/α-hetero) is 3. The highest BCUT2D eigenvalue weighted by atomic mass is 16.6.